The van der Waals surface area contributed by atoms with Crippen molar-refractivity contribution in [3.63, 3.8) is 0 Å². The van der Waals surface area contributed by atoms with E-state index in [9.17, 15) is 9.59 Å². The smallest absolute Gasteiger partial charge is 0.261 e. The fourth-order valence-corrected chi connectivity index (χ4v) is 2.66. The van der Waals surface area contributed by atoms with Gasteiger partial charge in [0.05, 0.1) is 17.2 Å². The summed E-state index contributed by atoms with van der Waals surface area (Å²) in [4.78, 5) is 30.8. The van der Waals surface area contributed by atoms with Crippen molar-refractivity contribution in [3.8, 4) is 0 Å². The number of fused-ring (bicyclic) bond motifs is 1. The summed E-state index contributed by atoms with van der Waals surface area (Å²) in [5, 5.41) is 3.43. The predicted octanol–water partition coefficient (Wildman–Crippen LogP) is 1.10. The third kappa shape index (κ3) is 4.16. The number of likely N-dealkylation sites (N-methyl/N-ethyl adjacent to an activating group) is 1. The van der Waals surface area contributed by atoms with Crippen molar-refractivity contribution in [3.05, 3.63) is 40.9 Å². The highest BCUT2D eigenvalue weighted by atomic mass is 16.2. The zero-order valence-corrected chi connectivity index (χ0v) is 14.1. The van der Waals surface area contributed by atoms with Gasteiger partial charge in [-0.25, -0.2) is 4.98 Å². The number of aromatic nitrogens is 2. The molecular weight excluding hydrogens is 292 g/mol. The second-order valence-corrected chi connectivity index (χ2v) is 6.27. The topological polar surface area (TPSA) is 67.2 Å². The summed E-state index contributed by atoms with van der Waals surface area (Å²) in [6.07, 6.45) is 1.43. The first-order valence-electron chi connectivity index (χ1n) is 7.77. The highest BCUT2D eigenvalue weighted by Gasteiger charge is 2.17. The molecule has 0 unspecified atom stereocenters. The number of benzene rings is 1. The summed E-state index contributed by atoms with van der Waals surface area (Å²) in [5.74, 6) is 0.243. The van der Waals surface area contributed by atoms with Gasteiger partial charge in [0.1, 0.15) is 6.54 Å². The molecule has 1 heterocycles. The molecule has 0 spiro atoms. The molecule has 6 heteroatoms. The fraction of sp³-hybridized carbons (Fsp3) is 0.471. The Labute approximate surface area is 136 Å². The Balaban J connectivity index is 2.06. The maximum Gasteiger partial charge on any atom is 0.261 e. The molecule has 0 saturated heterocycles. The first kappa shape index (κ1) is 17.1. The highest BCUT2D eigenvalue weighted by Crippen LogP contribution is 2.06. The van der Waals surface area contributed by atoms with Crippen molar-refractivity contribution in [1.29, 1.82) is 0 Å². The third-order valence-corrected chi connectivity index (χ3v) is 3.99. The van der Waals surface area contributed by atoms with Crippen LogP contribution < -0.4 is 10.9 Å². The molecule has 124 valence electrons. The van der Waals surface area contributed by atoms with E-state index < -0.39 is 0 Å². The van der Waals surface area contributed by atoms with Crippen LogP contribution in [0.15, 0.2) is 35.4 Å². The lowest BCUT2D eigenvalue weighted by Crippen LogP contribution is -2.44. The van der Waals surface area contributed by atoms with Gasteiger partial charge in [-0.3, -0.25) is 14.2 Å². The summed E-state index contributed by atoms with van der Waals surface area (Å²) in [5.41, 5.74) is 0.445. The molecule has 1 aromatic carbocycles. The van der Waals surface area contributed by atoms with Gasteiger partial charge >= 0.3 is 0 Å². The van der Waals surface area contributed by atoms with Crippen LogP contribution in [-0.4, -0.2) is 47.0 Å². The predicted molar refractivity (Wildman–Crippen MR) is 91.3 cm³/mol. The van der Waals surface area contributed by atoms with Crippen molar-refractivity contribution in [2.75, 3.05) is 20.6 Å². The Hall–Kier alpha value is -2.21. The van der Waals surface area contributed by atoms with E-state index >= 15 is 0 Å². The molecule has 0 aliphatic carbocycles. The van der Waals surface area contributed by atoms with Crippen LogP contribution in [0, 0.1) is 5.92 Å². The molecule has 1 atom stereocenters. The number of hydrogen-bond donors (Lipinski definition) is 1. The van der Waals surface area contributed by atoms with Crippen LogP contribution >= 0.6 is 0 Å². The first-order valence-corrected chi connectivity index (χ1v) is 7.77. The number of carbonyl (C=O) groups excluding carboxylic acids is 1. The van der Waals surface area contributed by atoms with Crippen LogP contribution in [0.3, 0.4) is 0 Å². The summed E-state index contributed by atoms with van der Waals surface area (Å²) >= 11 is 0. The minimum atomic E-state index is -0.196. The van der Waals surface area contributed by atoms with Crippen LogP contribution in [0.25, 0.3) is 10.9 Å². The van der Waals surface area contributed by atoms with E-state index in [2.05, 4.69) is 29.0 Å². The van der Waals surface area contributed by atoms with Crippen molar-refractivity contribution in [2.24, 2.45) is 5.92 Å². The van der Waals surface area contributed by atoms with E-state index in [0.717, 1.165) is 0 Å². The standard InChI is InChI=1S/C17H24N4O2/c1-12(2)15(20(3)4)9-18-16(22)10-21-11-19-14-8-6-5-7-13(14)17(21)23/h5-8,11-12,15H,9-10H2,1-4H3,(H,18,22)/t15-/m0/s1. The molecular formula is C17H24N4O2. The molecule has 2 rings (SSSR count). The molecule has 0 radical (unpaired) electrons. The maximum absolute atomic E-state index is 12.4. The molecule has 0 bridgehead atoms. The van der Waals surface area contributed by atoms with Crippen molar-refractivity contribution in [1.82, 2.24) is 19.8 Å². The zero-order chi connectivity index (χ0) is 17.0. The number of hydrogen-bond acceptors (Lipinski definition) is 4. The van der Waals surface area contributed by atoms with Crippen LogP contribution in [0.4, 0.5) is 0 Å². The van der Waals surface area contributed by atoms with Crippen LogP contribution in [0.5, 0.6) is 0 Å². The Bertz CT molecular complexity index is 729. The second kappa shape index (κ2) is 7.37. The van der Waals surface area contributed by atoms with Gasteiger partial charge in [0.2, 0.25) is 5.91 Å². The van der Waals surface area contributed by atoms with Gasteiger partial charge in [0.25, 0.3) is 5.56 Å². The SMILES string of the molecule is CC(C)[C@H](CNC(=O)Cn1cnc2ccccc2c1=O)N(C)C. The van der Waals surface area contributed by atoms with Crippen LogP contribution in [0.2, 0.25) is 0 Å². The molecule has 1 amide bonds. The number of nitrogens with zero attached hydrogens (tertiary/aromatic N) is 3. The maximum atomic E-state index is 12.4. The van der Waals surface area contributed by atoms with E-state index in [4.69, 9.17) is 0 Å². The summed E-state index contributed by atoms with van der Waals surface area (Å²) in [6, 6.07) is 7.38. The van der Waals surface area contributed by atoms with Crippen molar-refractivity contribution >= 4 is 16.8 Å². The molecule has 0 aliphatic rings. The number of nitrogens with one attached hydrogen (secondary N) is 1. The molecule has 6 nitrogen and oxygen atoms in total. The van der Waals surface area contributed by atoms with Crippen LogP contribution in [0.1, 0.15) is 13.8 Å². The summed E-state index contributed by atoms with van der Waals surface area (Å²) < 4.78 is 1.34. The van der Waals surface area contributed by atoms with Crippen LogP contribution in [-0.2, 0) is 11.3 Å². The zero-order valence-electron chi connectivity index (χ0n) is 14.1. The van der Waals surface area contributed by atoms with Gasteiger partial charge in [-0.1, -0.05) is 26.0 Å². The fourth-order valence-electron chi connectivity index (χ4n) is 2.66. The van der Waals surface area contributed by atoms with Gasteiger partial charge < -0.3 is 10.2 Å². The van der Waals surface area contributed by atoms with E-state index in [1.165, 1.54) is 10.9 Å². The Morgan fingerprint density at radius 2 is 2.00 bits per heavy atom. The van der Waals surface area contributed by atoms with Gasteiger partial charge in [0.15, 0.2) is 0 Å². The van der Waals surface area contributed by atoms with Gasteiger partial charge in [-0.15, -0.1) is 0 Å². The van der Waals surface area contributed by atoms with Gasteiger partial charge in [-0.2, -0.15) is 0 Å². The van der Waals surface area contributed by atoms with E-state index in [1.54, 1.807) is 18.2 Å². The molecule has 0 fully saturated rings. The monoisotopic (exact) mass is 316 g/mol. The molecule has 1 N–H and O–H groups in total. The average molecular weight is 316 g/mol. The van der Waals surface area contributed by atoms with E-state index in [-0.39, 0.29) is 24.1 Å². The van der Waals surface area contributed by atoms with Gasteiger partial charge in [-0.05, 0) is 32.1 Å². The molecule has 0 aliphatic heterocycles. The number of carbonyl (C=O) groups is 1. The van der Waals surface area contributed by atoms with E-state index in [1.807, 2.05) is 20.2 Å². The minimum Gasteiger partial charge on any atom is -0.353 e. The molecule has 0 saturated carbocycles. The Morgan fingerprint density at radius 1 is 1.30 bits per heavy atom. The lowest BCUT2D eigenvalue weighted by atomic mass is 10.0. The number of amides is 1. The summed E-state index contributed by atoms with van der Waals surface area (Å²) in [6.45, 7) is 4.78. The third-order valence-electron chi connectivity index (χ3n) is 3.99. The largest absolute Gasteiger partial charge is 0.353 e. The lowest BCUT2D eigenvalue weighted by Gasteiger charge is -2.28. The second-order valence-electron chi connectivity index (χ2n) is 6.27. The Kier molecular flexibility index (Phi) is 5.50. The lowest BCUT2D eigenvalue weighted by molar-refractivity contribution is -0.122. The number of rotatable bonds is 6. The Morgan fingerprint density at radius 3 is 2.65 bits per heavy atom. The minimum absolute atomic E-state index is 0.0189. The summed E-state index contributed by atoms with van der Waals surface area (Å²) in [7, 11) is 3.99. The normalized spacial score (nSPS) is 12.8. The number of para-hydroxylation sites is 1. The van der Waals surface area contributed by atoms with E-state index in [0.29, 0.717) is 23.4 Å². The highest BCUT2D eigenvalue weighted by molar-refractivity contribution is 5.78. The van der Waals surface area contributed by atoms with Crippen molar-refractivity contribution in [2.45, 2.75) is 26.4 Å². The quantitative estimate of drug-likeness (QED) is 0.866. The van der Waals surface area contributed by atoms with Crippen molar-refractivity contribution < 1.29 is 4.79 Å². The molecule has 2 aromatic rings. The first-order chi connectivity index (χ1) is 10.9. The molecule has 1 aromatic heterocycles. The van der Waals surface area contributed by atoms with Gasteiger partial charge in [0, 0.05) is 12.6 Å². The molecule has 23 heavy (non-hydrogen) atoms. The average Bonchev–Trinajstić information content (AvgIpc) is 2.50.